The van der Waals surface area contributed by atoms with Crippen LogP contribution in [0.15, 0.2) is 30.6 Å². The van der Waals surface area contributed by atoms with Gasteiger partial charge in [0.05, 0.1) is 11.3 Å². The maximum absolute atomic E-state index is 12.2. The minimum absolute atomic E-state index is 0.0607. The number of aromatic amines is 1. The van der Waals surface area contributed by atoms with Crippen LogP contribution in [0, 0.1) is 10.1 Å². The van der Waals surface area contributed by atoms with Gasteiger partial charge in [-0.1, -0.05) is 18.2 Å². The van der Waals surface area contributed by atoms with Gasteiger partial charge in [0.2, 0.25) is 11.9 Å². The molecule has 0 aliphatic heterocycles. The molecular formula is C12H13N5O3. The van der Waals surface area contributed by atoms with Gasteiger partial charge in [0.15, 0.2) is 0 Å². The fraction of sp³-hybridized carbons (Fsp3) is 0.250. The van der Waals surface area contributed by atoms with Crippen LogP contribution in [0.1, 0.15) is 12.5 Å². The number of hydrogen-bond acceptors (Lipinski definition) is 5. The van der Waals surface area contributed by atoms with Crippen molar-refractivity contribution in [3.8, 4) is 0 Å². The summed E-state index contributed by atoms with van der Waals surface area (Å²) < 4.78 is 0. The first kappa shape index (κ1) is 13.7. The Labute approximate surface area is 114 Å². The number of aromatic nitrogens is 3. The highest BCUT2D eigenvalue weighted by atomic mass is 16.6. The Hall–Kier alpha value is -2.77. The molecule has 1 amide bonds. The largest absolute Gasteiger partial charge is 0.281 e. The number of carbonyl (C=O) groups excluding carboxylic acids is 1. The van der Waals surface area contributed by atoms with Crippen LogP contribution in [0.5, 0.6) is 0 Å². The molecule has 1 N–H and O–H groups in total. The van der Waals surface area contributed by atoms with Crippen LogP contribution in [0.4, 0.5) is 11.6 Å². The van der Waals surface area contributed by atoms with Crippen molar-refractivity contribution < 1.29 is 9.72 Å². The highest BCUT2D eigenvalue weighted by Crippen LogP contribution is 2.19. The molecule has 104 valence electrons. The number of amides is 1. The molecule has 2 aromatic rings. The Morgan fingerprint density at radius 1 is 1.45 bits per heavy atom. The molecule has 0 atom stereocenters. The maximum atomic E-state index is 12.2. The molecule has 0 aliphatic carbocycles. The van der Waals surface area contributed by atoms with E-state index in [0.717, 1.165) is 0 Å². The Balaban J connectivity index is 2.21. The maximum Gasteiger partial charge on any atom is 0.273 e. The monoisotopic (exact) mass is 275 g/mol. The molecule has 0 saturated carbocycles. The van der Waals surface area contributed by atoms with Crippen LogP contribution in [-0.4, -0.2) is 32.6 Å². The molecule has 2 rings (SSSR count). The first-order valence-corrected chi connectivity index (χ1v) is 6.01. The fourth-order valence-electron chi connectivity index (χ4n) is 1.87. The van der Waals surface area contributed by atoms with Gasteiger partial charge < -0.3 is 0 Å². The van der Waals surface area contributed by atoms with E-state index >= 15 is 0 Å². The van der Waals surface area contributed by atoms with Crippen molar-refractivity contribution >= 4 is 17.5 Å². The highest BCUT2D eigenvalue weighted by molar-refractivity contribution is 5.93. The molecule has 8 nitrogen and oxygen atoms in total. The standard InChI is InChI=1S/C12H13N5O3/c1-2-16(12-13-8-14-15-12)11(18)7-9-5-3-4-6-10(9)17(19)20/h3-6,8H,2,7H2,1H3,(H,13,14,15). The quantitative estimate of drug-likeness (QED) is 0.654. The summed E-state index contributed by atoms with van der Waals surface area (Å²) in [4.78, 5) is 28.0. The van der Waals surface area contributed by atoms with Crippen LogP contribution >= 0.6 is 0 Å². The first-order chi connectivity index (χ1) is 9.63. The molecule has 0 aliphatic rings. The van der Waals surface area contributed by atoms with E-state index in [9.17, 15) is 14.9 Å². The molecule has 1 aromatic heterocycles. The molecule has 0 bridgehead atoms. The van der Waals surface area contributed by atoms with Gasteiger partial charge in [0.25, 0.3) is 5.69 Å². The lowest BCUT2D eigenvalue weighted by atomic mass is 10.1. The zero-order valence-corrected chi connectivity index (χ0v) is 10.8. The number of nitro groups is 1. The van der Waals surface area contributed by atoms with Gasteiger partial charge in [-0.05, 0) is 6.92 Å². The molecular weight excluding hydrogens is 262 g/mol. The van der Waals surface area contributed by atoms with Crippen molar-refractivity contribution in [3.05, 3.63) is 46.3 Å². The number of anilines is 1. The third kappa shape index (κ3) is 2.79. The van der Waals surface area contributed by atoms with Crippen molar-refractivity contribution in [1.82, 2.24) is 15.2 Å². The number of carbonyl (C=O) groups is 1. The second kappa shape index (κ2) is 5.91. The summed E-state index contributed by atoms with van der Waals surface area (Å²) in [6, 6.07) is 6.19. The predicted octanol–water partition coefficient (Wildman–Crippen LogP) is 1.31. The van der Waals surface area contributed by atoms with E-state index in [1.54, 1.807) is 25.1 Å². The highest BCUT2D eigenvalue weighted by Gasteiger charge is 2.21. The van der Waals surface area contributed by atoms with Crippen LogP contribution in [0.25, 0.3) is 0 Å². The minimum atomic E-state index is -0.493. The van der Waals surface area contributed by atoms with Crippen LogP contribution in [0.3, 0.4) is 0 Å². The lowest BCUT2D eigenvalue weighted by Gasteiger charge is -2.17. The second-order valence-corrected chi connectivity index (χ2v) is 4.01. The van der Waals surface area contributed by atoms with Gasteiger partial charge in [0, 0.05) is 18.2 Å². The van der Waals surface area contributed by atoms with Crippen LogP contribution in [0.2, 0.25) is 0 Å². The Morgan fingerprint density at radius 2 is 2.20 bits per heavy atom. The van der Waals surface area contributed by atoms with Gasteiger partial charge in [-0.3, -0.25) is 19.8 Å². The number of benzene rings is 1. The van der Waals surface area contributed by atoms with Crippen molar-refractivity contribution in [2.75, 3.05) is 11.4 Å². The van der Waals surface area contributed by atoms with E-state index in [1.165, 1.54) is 17.3 Å². The third-order valence-electron chi connectivity index (χ3n) is 2.81. The van der Waals surface area contributed by atoms with Gasteiger partial charge >= 0.3 is 0 Å². The zero-order chi connectivity index (χ0) is 14.5. The second-order valence-electron chi connectivity index (χ2n) is 4.01. The number of nitrogens with zero attached hydrogens (tertiary/aromatic N) is 4. The van der Waals surface area contributed by atoms with Gasteiger partial charge in [-0.15, -0.1) is 0 Å². The van der Waals surface area contributed by atoms with E-state index < -0.39 is 4.92 Å². The summed E-state index contributed by atoms with van der Waals surface area (Å²) >= 11 is 0. The molecule has 0 saturated heterocycles. The fourth-order valence-corrected chi connectivity index (χ4v) is 1.87. The van der Waals surface area contributed by atoms with Gasteiger partial charge in [-0.25, -0.2) is 5.10 Å². The summed E-state index contributed by atoms with van der Waals surface area (Å²) in [6.07, 6.45) is 1.24. The molecule has 20 heavy (non-hydrogen) atoms. The third-order valence-corrected chi connectivity index (χ3v) is 2.81. The number of H-pyrrole nitrogens is 1. The topological polar surface area (TPSA) is 105 Å². The minimum Gasteiger partial charge on any atom is -0.281 e. The van der Waals surface area contributed by atoms with E-state index in [4.69, 9.17) is 0 Å². The summed E-state index contributed by atoms with van der Waals surface area (Å²) in [5, 5.41) is 17.2. The number of nitrogens with one attached hydrogen (secondary N) is 1. The van der Waals surface area contributed by atoms with Crippen molar-refractivity contribution in [3.63, 3.8) is 0 Å². The molecule has 0 spiro atoms. The summed E-state index contributed by atoms with van der Waals surface area (Å²) in [5.41, 5.74) is 0.315. The van der Waals surface area contributed by atoms with Crippen LogP contribution in [-0.2, 0) is 11.2 Å². The number of para-hydroxylation sites is 1. The summed E-state index contributed by atoms with van der Waals surface area (Å²) in [7, 11) is 0. The summed E-state index contributed by atoms with van der Waals surface area (Å²) in [5.74, 6) is 0.0506. The number of nitro benzene ring substituents is 1. The smallest absolute Gasteiger partial charge is 0.273 e. The molecule has 1 heterocycles. The van der Waals surface area contributed by atoms with Crippen LogP contribution < -0.4 is 4.90 Å². The molecule has 1 aromatic carbocycles. The number of likely N-dealkylation sites (N-methyl/N-ethyl adjacent to an activating group) is 1. The number of rotatable bonds is 5. The van der Waals surface area contributed by atoms with Gasteiger partial charge in [-0.2, -0.15) is 10.1 Å². The van der Waals surface area contributed by atoms with E-state index in [0.29, 0.717) is 18.1 Å². The Morgan fingerprint density at radius 3 is 2.80 bits per heavy atom. The average Bonchev–Trinajstić information content (AvgIpc) is 2.94. The van der Waals surface area contributed by atoms with Crippen molar-refractivity contribution in [2.45, 2.75) is 13.3 Å². The predicted molar refractivity (Wildman–Crippen MR) is 71.2 cm³/mol. The molecule has 0 unspecified atom stereocenters. The Bertz CT molecular complexity index is 611. The lowest BCUT2D eigenvalue weighted by molar-refractivity contribution is -0.385. The first-order valence-electron chi connectivity index (χ1n) is 6.01. The zero-order valence-electron chi connectivity index (χ0n) is 10.8. The molecule has 0 radical (unpaired) electrons. The van der Waals surface area contributed by atoms with Crippen molar-refractivity contribution in [2.24, 2.45) is 0 Å². The van der Waals surface area contributed by atoms with E-state index in [2.05, 4.69) is 15.2 Å². The molecule has 8 heteroatoms. The lowest BCUT2D eigenvalue weighted by Crippen LogP contribution is -2.33. The van der Waals surface area contributed by atoms with E-state index in [-0.39, 0.29) is 18.0 Å². The molecule has 0 fully saturated rings. The normalized spacial score (nSPS) is 10.2. The number of hydrogen-bond donors (Lipinski definition) is 1. The Kier molecular flexibility index (Phi) is 4.04. The average molecular weight is 275 g/mol. The summed E-state index contributed by atoms with van der Waals surface area (Å²) in [6.45, 7) is 2.19. The van der Waals surface area contributed by atoms with Crippen molar-refractivity contribution in [1.29, 1.82) is 0 Å². The van der Waals surface area contributed by atoms with E-state index in [1.807, 2.05) is 0 Å². The SMILES string of the molecule is CCN(C(=O)Cc1ccccc1[N+](=O)[O-])c1ncn[nH]1. The van der Waals surface area contributed by atoms with Gasteiger partial charge in [0.1, 0.15) is 6.33 Å².